The Balaban J connectivity index is 4.06. The Labute approximate surface area is 55.8 Å². The van der Waals surface area contributed by atoms with Gasteiger partial charge in [-0.05, 0) is 0 Å². The van der Waals surface area contributed by atoms with Crippen LogP contribution in [0.15, 0.2) is 0 Å². The number of hydrogen-bond donors (Lipinski definition) is 1. The molecular weight excluding hydrogens is 116 g/mol. The van der Waals surface area contributed by atoms with Crippen molar-refractivity contribution in [2.24, 2.45) is 11.3 Å². The summed E-state index contributed by atoms with van der Waals surface area (Å²) in [6.45, 7) is 5.50. The standard InChI is InChI=1S/C6H14N2O/c1-6(2,3)5(9)8(4)7/h7H2,1-4H3. The van der Waals surface area contributed by atoms with Crippen LogP contribution in [-0.2, 0) is 4.79 Å². The summed E-state index contributed by atoms with van der Waals surface area (Å²) in [6.07, 6.45) is 0. The molecule has 0 bridgehead atoms. The molecule has 0 rings (SSSR count). The molecule has 0 aromatic rings. The van der Waals surface area contributed by atoms with Crippen molar-refractivity contribution in [3.8, 4) is 0 Å². The fourth-order valence-corrected chi connectivity index (χ4v) is 0.529. The SMILES string of the molecule is CN(N)C(=O)C(C)(C)C. The molecule has 0 aliphatic heterocycles. The maximum Gasteiger partial charge on any atom is 0.241 e. The van der Waals surface area contributed by atoms with Crippen molar-refractivity contribution < 1.29 is 4.79 Å². The number of amides is 1. The molecule has 0 saturated carbocycles. The summed E-state index contributed by atoms with van der Waals surface area (Å²) < 4.78 is 0. The maximum atomic E-state index is 11.0. The van der Waals surface area contributed by atoms with Gasteiger partial charge >= 0.3 is 0 Å². The van der Waals surface area contributed by atoms with Gasteiger partial charge in [0.25, 0.3) is 0 Å². The highest BCUT2D eigenvalue weighted by Gasteiger charge is 2.22. The van der Waals surface area contributed by atoms with Crippen LogP contribution in [0, 0.1) is 5.41 Å². The van der Waals surface area contributed by atoms with Crippen molar-refractivity contribution in [1.29, 1.82) is 0 Å². The molecule has 3 heteroatoms. The minimum absolute atomic E-state index is 0.0532. The smallest absolute Gasteiger partial charge is 0.241 e. The summed E-state index contributed by atoms with van der Waals surface area (Å²) in [5, 5.41) is 1.11. The third kappa shape index (κ3) is 2.46. The number of hydrazine groups is 1. The van der Waals surface area contributed by atoms with E-state index in [1.165, 1.54) is 0 Å². The molecule has 0 heterocycles. The average molecular weight is 130 g/mol. The largest absolute Gasteiger partial charge is 0.283 e. The summed E-state index contributed by atoms with van der Waals surface area (Å²) in [5.41, 5.74) is -0.358. The lowest BCUT2D eigenvalue weighted by molar-refractivity contribution is -0.138. The molecule has 1 amide bonds. The molecule has 0 aliphatic carbocycles. The van der Waals surface area contributed by atoms with E-state index < -0.39 is 0 Å². The van der Waals surface area contributed by atoms with E-state index in [0.29, 0.717) is 0 Å². The molecule has 54 valence electrons. The minimum Gasteiger partial charge on any atom is -0.283 e. The van der Waals surface area contributed by atoms with E-state index in [1.54, 1.807) is 7.05 Å². The highest BCUT2D eigenvalue weighted by molar-refractivity contribution is 5.80. The minimum atomic E-state index is -0.358. The lowest BCUT2D eigenvalue weighted by atomic mass is 9.96. The summed E-state index contributed by atoms with van der Waals surface area (Å²) in [6, 6.07) is 0. The Morgan fingerprint density at radius 3 is 1.78 bits per heavy atom. The Hall–Kier alpha value is -0.570. The summed E-state index contributed by atoms with van der Waals surface area (Å²) in [4.78, 5) is 11.0. The van der Waals surface area contributed by atoms with Crippen molar-refractivity contribution >= 4 is 5.91 Å². The van der Waals surface area contributed by atoms with Crippen molar-refractivity contribution in [2.45, 2.75) is 20.8 Å². The number of rotatable bonds is 0. The van der Waals surface area contributed by atoms with E-state index >= 15 is 0 Å². The van der Waals surface area contributed by atoms with Crippen LogP contribution in [0.4, 0.5) is 0 Å². The quantitative estimate of drug-likeness (QED) is 0.292. The first-order valence-corrected chi connectivity index (χ1v) is 2.88. The van der Waals surface area contributed by atoms with Crippen LogP contribution in [0.1, 0.15) is 20.8 Å². The molecule has 0 aliphatic rings. The van der Waals surface area contributed by atoms with Crippen LogP contribution in [0.3, 0.4) is 0 Å². The van der Waals surface area contributed by atoms with E-state index in [2.05, 4.69) is 0 Å². The molecule has 0 spiro atoms. The van der Waals surface area contributed by atoms with Crippen LogP contribution >= 0.6 is 0 Å². The van der Waals surface area contributed by atoms with Crippen molar-refractivity contribution in [3.05, 3.63) is 0 Å². The van der Waals surface area contributed by atoms with Crippen LogP contribution in [0.2, 0.25) is 0 Å². The van der Waals surface area contributed by atoms with Gasteiger partial charge in [0.1, 0.15) is 0 Å². The zero-order chi connectivity index (χ0) is 7.65. The fourth-order valence-electron chi connectivity index (χ4n) is 0.529. The highest BCUT2D eigenvalue weighted by Crippen LogP contribution is 2.14. The first-order valence-electron chi connectivity index (χ1n) is 2.88. The number of nitrogens with two attached hydrogens (primary N) is 1. The van der Waals surface area contributed by atoms with Gasteiger partial charge in [-0.3, -0.25) is 9.80 Å². The monoisotopic (exact) mass is 130 g/mol. The second kappa shape index (κ2) is 2.35. The predicted octanol–water partition coefficient (Wildman–Crippen LogP) is 0.365. The molecule has 0 fully saturated rings. The first-order chi connectivity index (χ1) is 3.85. The lowest BCUT2D eigenvalue weighted by Crippen LogP contribution is -2.41. The molecule has 0 radical (unpaired) electrons. The van der Waals surface area contributed by atoms with Crippen molar-refractivity contribution in [3.63, 3.8) is 0 Å². The van der Waals surface area contributed by atoms with Crippen LogP contribution in [0.5, 0.6) is 0 Å². The Bertz CT molecular complexity index is 113. The van der Waals surface area contributed by atoms with Gasteiger partial charge in [-0.15, -0.1) is 0 Å². The van der Waals surface area contributed by atoms with Gasteiger partial charge in [0.15, 0.2) is 0 Å². The van der Waals surface area contributed by atoms with E-state index in [0.717, 1.165) is 5.01 Å². The van der Waals surface area contributed by atoms with Gasteiger partial charge in [0.05, 0.1) is 0 Å². The first kappa shape index (κ1) is 8.43. The van der Waals surface area contributed by atoms with E-state index in [4.69, 9.17) is 5.84 Å². The van der Waals surface area contributed by atoms with E-state index in [-0.39, 0.29) is 11.3 Å². The molecule has 0 unspecified atom stereocenters. The molecule has 9 heavy (non-hydrogen) atoms. The molecule has 0 saturated heterocycles. The number of hydrogen-bond acceptors (Lipinski definition) is 2. The molecule has 0 atom stereocenters. The molecular formula is C6H14N2O. The number of carbonyl (C=O) groups excluding carboxylic acids is 1. The van der Waals surface area contributed by atoms with E-state index in [1.807, 2.05) is 20.8 Å². The van der Waals surface area contributed by atoms with E-state index in [9.17, 15) is 4.79 Å². The van der Waals surface area contributed by atoms with Crippen LogP contribution < -0.4 is 5.84 Å². The Morgan fingerprint density at radius 2 is 1.78 bits per heavy atom. The topological polar surface area (TPSA) is 46.3 Å². The predicted molar refractivity (Wildman–Crippen MR) is 36.4 cm³/mol. The van der Waals surface area contributed by atoms with Crippen LogP contribution in [-0.4, -0.2) is 18.0 Å². The molecule has 2 N–H and O–H groups in total. The third-order valence-electron chi connectivity index (χ3n) is 0.962. The van der Waals surface area contributed by atoms with Crippen molar-refractivity contribution in [2.75, 3.05) is 7.05 Å². The normalized spacial score (nSPS) is 11.2. The maximum absolute atomic E-state index is 11.0. The zero-order valence-electron chi connectivity index (χ0n) is 6.43. The van der Waals surface area contributed by atoms with Gasteiger partial charge in [0, 0.05) is 12.5 Å². The fraction of sp³-hybridized carbons (Fsp3) is 0.833. The molecule has 0 aromatic carbocycles. The average Bonchev–Trinajstić information content (AvgIpc) is 1.62. The Kier molecular flexibility index (Phi) is 2.20. The van der Waals surface area contributed by atoms with Crippen LogP contribution in [0.25, 0.3) is 0 Å². The summed E-state index contributed by atoms with van der Waals surface area (Å²) in [7, 11) is 1.55. The van der Waals surface area contributed by atoms with Gasteiger partial charge in [-0.25, -0.2) is 5.84 Å². The van der Waals surface area contributed by atoms with Gasteiger partial charge in [-0.2, -0.15) is 0 Å². The van der Waals surface area contributed by atoms with Gasteiger partial charge in [-0.1, -0.05) is 20.8 Å². The second-order valence-electron chi connectivity index (χ2n) is 3.17. The number of nitrogens with zero attached hydrogens (tertiary/aromatic N) is 1. The third-order valence-corrected chi connectivity index (χ3v) is 0.962. The van der Waals surface area contributed by atoms with Crippen molar-refractivity contribution in [1.82, 2.24) is 5.01 Å². The van der Waals surface area contributed by atoms with Gasteiger partial charge in [0.2, 0.25) is 5.91 Å². The summed E-state index contributed by atoms with van der Waals surface area (Å²) >= 11 is 0. The highest BCUT2D eigenvalue weighted by atomic mass is 16.2. The molecule has 3 nitrogen and oxygen atoms in total. The van der Waals surface area contributed by atoms with Gasteiger partial charge < -0.3 is 0 Å². The molecule has 0 aromatic heterocycles. The summed E-state index contributed by atoms with van der Waals surface area (Å²) in [5.74, 6) is 5.15. The Morgan fingerprint density at radius 1 is 1.44 bits per heavy atom. The zero-order valence-corrected chi connectivity index (χ0v) is 6.43. The number of carbonyl (C=O) groups is 1. The lowest BCUT2D eigenvalue weighted by Gasteiger charge is -2.21. The second-order valence-corrected chi connectivity index (χ2v) is 3.17.